The summed E-state index contributed by atoms with van der Waals surface area (Å²) in [7, 11) is 0. The Hall–Kier alpha value is -4.14. The fourth-order valence-corrected chi connectivity index (χ4v) is 3.93. The molecule has 2 aliphatic rings. The first-order valence-electron chi connectivity index (χ1n) is 9.78. The van der Waals surface area contributed by atoms with E-state index in [2.05, 4.69) is 15.6 Å². The summed E-state index contributed by atoms with van der Waals surface area (Å²) in [5, 5.41) is 10.5. The fourth-order valence-electron chi connectivity index (χ4n) is 3.93. The molecule has 0 spiro atoms. The highest BCUT2D eigenvalue weighted by molar-refractivity contribution is 6.24. The van der Waals surface area contributed by atoms with Crippen LogP contribution in [0.3, 0.4) is 0 Å². The van der Waals surface area contributed by atoms with Crippen molar-refractivity contribution in [2.24, 2.45) is 0 Å². The Morgan fingerprint density at radius 1 is 1.00 bits per heavy atom. The maximum Gasteiger partial charge on any atom is 0.264 e. The third-order valence-corrected chi connectivity index (χ3v) is 5.53. The number of carbonyl (C=O) groups excluding carboxylic acids is 4. The summed E-state index contributed by atoms with van der Waals surface area (Å²) in [5.41, 5.74) is 3.37. The van der Waals surface area contributed by atoms with Crippen molar-refractivity contribution in [2.45, 2.75) is 25.8 Å². The van der Waals surface area contributed by atoms with Crippen molar-refractivity contribution in [1.29, 1.82) is 0 Å². The van der Waals surface area contributed by atoms with Crippen molar-refractivity contribution in [1.82, 2.24) is 25.2 Å². The minimum absolute atomic E-state index is 0.0691. The second kappa shape index (κ2) is 6.98. The number of benzene rings is 2. The minimum Gasteiger partial charge on any atom is -0.295 e. The van der Waals surface area contributed by atoms with Crippen LogP contribution in [0.15, 0.2) is 48.7 Å². The molecule has 4 amide bonds. The van der Waals surface area contributed by atoms with E-state index in [1.807, 2.05) is 31.2 Å². The van der Waals surface area contributed by atoms with Crippen molar-refractivity contribution in [3.63, 3.8) is 0 Å². The van der Waals surface area contributed by atoms with Crippen LogP contribution in [-0.4, -0.2) is 49.6 Å². The molecule has 1 aromatic heterocycles. The van der Waals surface area contributed by atoms with Crippen molar-refractivity contribution >= 4 is 23.6 Å². The molecular weight excluding hydrogens is 398 g/mol. The first-order valence-corrected chi connectivity index (χ1v) is 9.78. The van der Waals surface area contributed by atoms with Crippen LogP contribution in [0.25, 0.3) is 16.9 Å². The smallest absolute Gasteiger partial charge is 0.264 e. The number of fused-ring (bicyclic) bond motifs is 1. The normalized spacial score (nSPS) is 18.4. The molecule has 2 aliphatic heterocycles. The zero-order valence-corrected chi connectivity index (χ0v) is 16.5. The minimum atomic E-state index is -1.02. The largest absolute Gasteiger partial charge is 0.295 e. The van der Waals surface area contributed by atoms with Gasteiger partial charge in [0.25, 0.3) is 11.8 Å². The fraction of sp³-hybridized carbons (Fsp3) is 0.182. The lowest BCUT2D eigenvalue weighted by Crippen LogP contribution is -2.54. The van der Waals surface area contributed by atoms with Crippen LogP contribution in [0.4, 0.5) is 0 Å². The molecule has 3 heterocycles. The number of nitrogens with zero attached hydrogens (tertiary/aromatic N) is 4. The van der Waals surface area contributed by atoms with Gasteiger partial charge in [0.05, 0.1) is 23.0 Å². The number of piperidine rings is 1. The van der Waals surface area contributed by atoms with Gasteiger partial charge < -0.3 is 0 Å². The molecule has 0 aliphatic carbocycles. The van der Waals surface area contributed by atoms with Crippen molar-refractivity contribution in [3.05, 3.63) is 65.4 Å². The Kier molecular flexibility index (Phi) is 4.25. The maximum absolute atomic E-state index is 13.2. The standard InChI is InChI=1S/C22H17N5O4/c1-12-5-7-13(8-6-12)15-11-26(25-24-15)16-4-2-3-14-19(16)22(31)27(21(14)30)17-9-10-18(28)23-20(17)29/h2-8,11,17H,9-10H2,1H3,(H,23,28,29). The predicted molar refractivity (Wildman–Crippen MR) is 108 cm³/mol. The average molecular weight is 415 g/mol. The van der Waals surface area contributed by atoms with Crippen LogP contribution in [-0.2, 0) is 9.59 Å². The Morgan fingerprint density at radius 3 is 2.52 bits per heavy atom. The second-order valence-electron chi connectivity index (χ2n) is 7.56. The quantitative estimate of drug-likeness (QED) is 0.651. The van der Waals surface area contributed by atoms with Gasteiger partial charge in [0.15, 0.2) is 0 Å². The average Bonchev–Trinajstić information content (AvgIpc) is 3.33. The van der Waals surface area contributed by atoms with Crippen molar-refractivity contribution < 1.29 is 19.2 Å². The van der Waals surface area contributed by atoms with Gasteiger partial charge in [-0.2, -0.15) is 0 Å². The predicted octanol–water partition coefficient (Wildman–Crippen LogP) is 1.64. The molecule has 0 radical (unpaired) electrons. The van der Waals surface area contributed by atoms with Gasteiger partial charge in [-0.25, -0.2) is 4.68 Å². The highest BCUT2D eigenvalue weighted by Crippen LogP contribution is 2.31. The van der Waals surface area contributed by atoms with Crippen LogP contribution in [0.5, 0.6) is 0 Å². The van der Waals surface area contributed by atoms with E-state index in [0.29, 0.717) is 11.4 Å². The summed E-state index contributed by atoms with van der Waals surface area (Å²) in [5.74, 6) is -2.20. The number of amides is 4. The Bertz CT molecular complexity index is 1260. The van der Waals surface area contributed by atoms with E-state index < -0.39 is 29.7 Å². The lowest BCUT2D eigenvalue weighted by molar-refractivity contribution is -0.136. The van der Waals surface area contributed by atoms with Gasteiger partial charge >= 0.3 is 0 Å². The van der Waals surface area contributed by atoms with Gasteiger partial charge in [-0.3, -0.25) is 29.4 Å². The third-order valence-electron chi connectivity index (χ3n) is 5.53. The summed E-state index contributed by atoms with van der Waals surface area (Å²) in [4.78, 5) is 50.9. The molecule has 5 rings (SSSR count). The number of aromatic nitrogens is 3. The molecule has 154 valence electrons. The highest BCUT2D eigenvalue weighted by Gasteiger charge is 2.45. The van der Waals surface area contributed by atoms with Gasteiger partial charge in [0, 0.05) is 12.0 Å². The summed E-state index contributed by atoms with van der Waals surface area (Å²) >= 11 is 0. The summed E-state index contributed by atoms with van der Waals surface area (Å²) in [6.07, 6.45) is 1.86. The first-order chi connectivity index (χ1) is 14.9. The molecule has 0 bridgehead atoms. The topological polar surface area (TPSA) is 114 Å². The van der Waals surface area contributed by atoms with E-state index in [1.165, 1.54) is 4.68 Å². The van der Waals surface area contributed by atoms with Gasteiger partial charge in [0.2, 0.25) is 11.8 Å². The van der Waals surface area contributed by atoms with E-state index in [1.54, 1.807) is 24.4 Å². The van der Waals surface area contributed by atoms with Crippen LogP contribution in [0.1, 0.15) is 39.1 Å². The Balaban J connectivity index is 1.52. The van der Waals surface area contributed by atoms with Crippen LogP contribution in [0, 0.1) is 6.92 Å². The molecule has 1 N–H and O–H groups in total. The summed E-state index contributed by atoms with van der Waals surface area (Å²) < 4.78 is 1.45. The highest BCUT2D eigenvalue weighted by atomic mass is 16.2. The monoisotopic (exact) mass is 415 g/mol. The summed E-state index contributed by atoms with van der Waals surface area (Å²) in [6.45, 7) is 1.99. The second-order valence-corrected chi connectivity index (χ2v) is 7.56. The SMILES string of the molecule is Cc1ccc(-c2cn(-c3cccc4c3C(=O)N(C3CCC(=O)NC3=O)C4=O)nn2)cc1. The lowest BCUT2D eigenvalue weighted by Gasteiger charge is -2.27. The zero-order chi connectivity index (χ0) is 21.7. The molecule has 1 saturated heterocycles. The molecule has 1 atom stereocenters. The Labute approximate surface area is 176 Å². The van der Waals surface area contributed by atoms with E-state index in [0.717, 1.165) is 16.0 Å². The number of nitrogens with one attached hydrogen (secondary N) is 1. The van der Waals surface area contributed by atoms with Gasteiger partial charge in [-0.1, -0.05) is 41.1 Å². The van der Waals surface area contributed by atoms with E-state index in [-0.39, 0.29) is 24.0 Å². The molecule has 0 saturated carbocycles. The lowest BCUT2D eigenvalue weighted by atomic mass is 10.0. The van der Waals surface area contributed by atoms with Crippen LogP contribution >= 0.6 is 0 Å². The molecule has 1 unspecified atom stereocenters. The number of imide groups is 2. The van der Waals surface area contributed by atoms with Gasteiger partial charge in [-0.05, 0) is 25.5 Å². The third kappa shape index (κ3) is 3.02. The van der Waals surface area contributed by atoms with Crippen molar-refractivity contribution in [2.75, 3.05) is 0 Å². The van der Waals surface area contributed by atoms with Gasteiger partial charge in [-0.15, -0.1) is 5.10 Å². The van der Waals surface area contributed by atoms with Gasteiger partial charge in [0.1, 0.15) is 11.7 Å². The number of hydrogen-bond acceptors (Lipinski definition) is 6. The van der Waals surface area contributed by atoms with Crippen LogP contribution < -0.4 is 5.32 Å². The Morgan fingerprint density at radius 2 is 1.77 bits per heavy atom. The number of carbonyl (C=O) groups is 4. The van der Waals surface area contributed by atoms with E-state index in [9.17, 15) is 19.2 Å². The zero-order valence-electron chi connectivity index (χ0n) is 16.5. The van der Waals surface area contributed by atoms with E-state index in [4.69, 9.17) is 0 Å². The van der Waals surface area contributed by atoms with E-state index >= 15 is 0 Å². The number of rotatable bonds is 3. The number of hydrogen-bond donors (Lipinski definition) is 1. The molecular formula is C22H17N5O4. The molecule has 3 aromatic rings. The van der Waals surface area contributed by atoms with Crippen molar-refractivity contribution in [3.8, 4) is 16.9 Å². The molecule has 9 heteroatoms. The number of aryl methyl sites for hydroxylation is 1. The maximum atomic E-state index is 13.2. The summed E-state index contributed by atoms with van der Waals surface area (Å²) in [6, 6.07) is 11.6. The molecule has 31 heavy (non-hydrogen) atoms. The van der Waals surface area contributed by atoms with Crippen LogP contribution in [0.2, 0.25) is 0 Å². The molecule has 9 nitrogen and oxygen atoms in total. The molecule has 2 aromatic carbocycles. The molecule has 1 fully saturated rings. The first kappa shape index (κ1) is 18.9.